The highest BCUT2D eigenvalue weighted by molar-refractivity contribution is 7.96. The van der Waals surface area contributed by atoms with Gasteiger partial charge in [0, 0.05) is 0 Å². The first-order chi connectivity index (χ1) is 4.81. The Morgan fingerprint density at radius 3 is 2.09 bits per heavy atom. The Bertz CT molecular complexity index is 136. The lowest BCUT2D eigenvalue weighted by atomic mass is 10.2. The van der Waals surface area contributed by atoms with Gasteiger partial charge in [0.15, 0.2) is 0 Å². The summed E-state index contributed by atoms with van der Waals surface area (Å²) in [6.45, 7) is 5.65. The number of esters is 1. The third-order valence-electron chi connectivity index (χ3n) is 0.827. The van der Waals surface area contributed by atoms with Crippen molar-refractivity contribution in [2.45, 2.75) is 26.4 Å². The lowest BCUT2D eigenvalue weighted by Crippen LogP contribution is -2.27. The van der Waals surface area contributed by atoms with Gasteiger partial charge in [-0.1, -0.05) is 0 Å². The molecule has 0 rings (SSSR count). The van der Waals surface area contributed by atoms with E-state index >= 15 is 0 Å². The predicted molar refractivity (Wildman–Crippen MR) is 49.9 cm³/mol. The molecule has 66 valence electrons. The molecule has 0 aliphatic rings. The average Bonchev–Trinajstić information content (AvgIpc) is 1.53. The summed E-state index contributed by atoms with van der Waals surface area (Å²) in [5, 5.41) is 0. The molecule has 0 saturated carbocycles. The number of rotatable bonds is 2. The highest BCUT2D eigenvalue weighted by Crippen LogP contribution is 2.07. The van der Waals surface area contributed by atoms with E-state index in [1.807, 2.05) is 33.3 Å². The van der Waals surface area contributed by atoms with Gasteiger partial charge in [-0.15, -0.1) is 0 Å². The second kappa shape index (κ2) is 4.00. The van der Waals surface area contributed by atoms with Crippen LogP contribution in [0.3, 0.4) is 0 Å². The summed E-state index contributed by atoms with van der Waals surface area (Å²) in [6, 6.07) is 0. The fourth-order valence-corrected chi connectivity index (χ4v) is 1.14. The van der Waals surface area contributed by atoms with Gasteiger partial charge in [-0.2, -0.15) is 0 Å². The van der Waals surface area contributed by atoms with E-state index in [-0.39, 0.29) is 22.5 Å². The molecule has 0 fully saturated rings. The van der Waals surface area contributed by atoms with Gasteiger partial charge in [0.25, 0.3) is 0 Å². The van der Waals surface area contributed by atoms with Crippen LogP contribution in [0, 0.1) is 0 Å². The fraction of sp³-hybridized carbons (Fsp3) is 0.875. The molecule has 0 heterocycles. The fourth-order valence-electron chi connectivity index (χ4n) is 0.607. The Labute approximate surface area is 71.7 Å². The minimum Gasteiger partial charge on any atom is -0.456 e. The van der Waals surface area contributed by atoms with Gasteiger partial charge in [-0.05, 0) is 31.7 Å². The van der Waals surface area contributed by atoms with Crippen LogP contribution in [0.4, 0.5) is 0 Å². The summed E-state index contributed by atoms with van der Waals surface area (Å²) in [6.07, 6.45) is 4.06. The molecule has 0 bridgehead atoms. The van der Waals surface area contributed by atoms with E-state index in [0.717, 1.165) is 0 Å². The first-order valence-corrected chi connectivity index (χ1v) is 5.78. The molecule has 11 heavy (non-hydrogen) atoms. The zero-order valence-electron chi connectivity index (χ0n) is 7.93. The molecule has 0 radical (unpaired) electrons. The number of ether oxygens (including phenoxy) is 1. The summed E-state index contributed by atoms with van der Waals surface area (Å²) >= 11 is 0. The number of hydrogen-bond acceptors (Lipinski definition) is 2. The zero-order valence-corrected chi connectivity index (χ0v) is 8.75. The maximum absolute atomic E-state index is 11.1. The van der Waals surface area contributed by atoms with Gasteiger partial charge in [0.1, 0.15) is 5.60 Å². The van der Waals surface area contributed by atoms with Gasteiger partial charge in [-0.25, -0.2) is 4.79 Å². The Hall–Kier alpha value is -0.180. The second-order valence-electron chi connectivity index (χ2n) is 3.72. The van der Waals surface area contributed by atoms with Crippen molar-refractivity contribution >= 4 is 16.9 Å². The number of carbonyl (C=O) groups excluding carboxylic acids is 1. The molecule has 0 aromatic carbocycles. The van der Waals surface area contributed by atoms with Crippen LogP contribution in [0.15, 0.2) is 0 Å². The molecule has 0 N–H and O–H groups in total. The van der Waals surface area contributed by atoms with Crippen LogP contribution in [0.5, 0.6) is 0 Å². The Morgan fingerprint density at radius 1 is 1.36 bits per heavy atom. The van der Waals surface area contributed by atoms with Crippen LogP contribution in [0.1, 0.15) is 20.8 Å². The molecular weight excluding hydrogens is 160 g/mol. The summed E-state index contributed by atoms with van der Waals surface area (Å²) < 4.78 is 5.12. The van der Waals surface area contributed by atoms with Crippen molar-refractivity contribution in [1.29, 1.82) is 0 Å². The summed E-state index contributed by atoms with van der Waals surface area (Å²) in [7, 11) is 0.145. The van der Waals surface area contributed by atoms with Crippen molar-refractivity contribution in [3.8, 4) is 0 Å². The summed E-state index contributed by atoms with van der Waals surface area (Å²) in [5.74, 6) is 0.447. The highest BCUT2D eigenvalue weighted by atomic mass is 32.2. The lowest BCUT2D eigenvalue weighted by Gasteiger charge is -2.18. The van der Waals surface area contributed by atoms with Crippen LogP contribution >= 0.6 is 0 Å². The molecule has 0 aromatic rings. The number of carbonyl (C=O) groups is 1. The molecule has 0 aliphatic carbocycles. The van der Waals surface area contributed by atoms with Crippen LogP contribution in [-0.4, -0.2) is 29.8 Å². The van der Waals surface area contributed by atoms with Gasteiger partial charge >= 0.3 is 5.97 Å². The van der Waals surface area contributed by atoms with Gasteiger partial charge in [0.05, 0.1) is 12.5 Å². The molecule has 0 aliphatic heterocycles. The van der Waals surface area contributed by atoms with E-state index in [4.69, 9.17) is 4.74 Å². The van der Waals surface area contributed by atoms with E-state index in [2.05, 4.69) is 0 Å². The molecule has 3 heteroatoms. The Kier molecular flexibility index (Phi) is 3.93. The second-order valence-corrected chi connectivity index (χ2v) is 5.98. The van der Waals surface area contributed by atoms with E-state index in [1.165, 1.54) is 0 Å². The van der Waals surface area contributed by atoms with Crippen molar-refractivity contribution in [3.05, 3.63) is 0 Å². The van der Waals surface area contributed by atoms with Crippen molar-refractivity contribution in [3.63, 3.8) is 0 Å². The molecular formula is C8H17O2S+. The molecule has 0 spiro atoms. The largest absolute Gasteiger partial charge is 0.456 e. The highest BCUT2D eigenvalue weighted by Gasteiger charge is 2.20. The molecule has 0 amide bonds. The van der Waals surface area contributed by atoms with Crippen molar-refractivity contribution in [2.24, 2.45) is 0 Å². The van der Waals surface area contributed by atoms with Gasteiger partial charge in [0.2, 0.25) is 5.75 Å². The Morgan fingerprint density at radius 2 is 1.82 bits per heavy atom. The van der Waals surface area contributed by atoms with Crippen LogP contribution in [0.25, 0.3) is 0 Å². The normalized spacial score (nSPS) is 11.8. The maximum atomic E-state index is 11.1. The van der Waals surface area contributed by atoms with Crippen LogP contribution in [0.2, 0.25) is 0 Å². The lowest BCUT2D eigenvalue weighted by molar-refractivity contribution is -0.151. The standard InChI is InChI=1S/C8H17O2S/c1-8(2,3)10-7(9)6-11(4)5/h6H2,1-5H3/q+1. The van der Waals surface area contributed by atoms with Crippen LogP contribution < -0.4 is 0 Å². The molecule has 0 aromatic heterocycles. The third kappa shape index (κ3) is 7.72. The predicted octanol–water partition coefficient (Wildman–Crippen LogP) is 1.21. The first-order valence-electron chi connectivity index (χ1n) is 3.57. The zero-order chi connectivity index (χ0) is 9.07. The van der Waals surface area contributed by atoms with Crippen LogP contribution in [-0.2, 0) is 20.4 Å². The Balaban J connectivity index is 3.71. The summed E-state index contributed by atoms with van der Waals surface area (Å²) in [4.78, 5) is 11.1. The van der Waals surface area contributed by atoms with Crippen molar-refractivity contribution < 1.29 is 9.53 Å². The van der Waals surface area contributed by atoms with Crippen molar-refractivity contribution in [1.82, 2.24) is 0 Å². The molecule has 0 atom stereocenters. The van der Waals surface area contributed by atoms with E-state index in [9.17, 15) is 4.79 Å². The topological polar surface area (TPSA) is 26.3 Å². The maximum Gasteiger partial charge on any atom is 0.356 e. The van der Waals surface area contributed by atoms with Gasteiger partial charge in [-0.3, -0.25) is 0 Å². The summed E-state index contributed by atoms with van der Waals surface area (Å²) in [5.41, 5.74) is -0.337. The SMILES string of the molecule is C[S+](C)CC(=O)OC(C)(C)C. The monoisotopic (exact) mass is 177 g/mol. The first kappa shape index (κ1) is 10.8. The quantitative estimate of drug-likeness (QED) is 0.468. The average molecular weight is 177 g/mol. The van der Waals surface area contributed by atoms with E-state index in [0.29, 0.717) is 5.75 Å². The molecule has 0 saturated heterocycles. The smallest absolute Gasteiger partial charge is 0.356 e. The minimum atomic E-state index is -0.337. The van der Waals surface area contributed by atoms with E-state index in [1.54, 1.807) is 0 Å². The third-order valence-corrected chi connectivity index (χ3v) is 1.64. The number of hydrogen-bond donors (Lipinski definition) is 0. The molecule has 2 nitrogen and oxygen atoms in total. The minimum absolute atomic E-state index is 0.0918. The van der Waals surface area contributed by atoms with Crippen molar-refractivity contribution in [2.75, 3.05) is 18.3 Å². The van der Waals surface area contributed by atoms with E-state index < -0.39 is 0 Å². The molecule has 0 unspecified atom stereocenters. The van der Waals surface area contributed by atoms with Gasteiger partial charge < -0.3 is 4.74 Å².